The number of hydrogen-bond acceptors (Lipinski definition) is 5. The van der Waals surface area contributed by atoms with E-state index in [9.17, 15) is 9.59 Å². The van der Waals surface area contributed by atoms with E-state index in [4.69, 9.17) is 0 Å². The fraction of sp³-hybridized carbons (Fsp3) is 0.294. The van der Waals surface area contributed by atoms with Gasteiger partial charge in [-0.1, -0.05) is 31.5 Å². The van der Waals surface area contributed by atoms with Gasteiger partial charge < -0.3 is 0 Å². The van der Waals surface area contributed by atoms with Crippen molar-refractivity contribution in [2.45, 2.75) is 33.2 Å². The molecule has 1 aromatic carbocycles. The predicted octanol–water partition coefficient (Wildman–Crippen LogP) is 3.21. The van der Waals surface area contributed by atoms with E-state index in [-0.39, 0.29) is 17.2 Å². The Bertz CT molecular complexity index is 945. The lowest BCUT2D eigenvalue weighted by molar-refractivity contribution is 0.102. The highest BCUT2D eigenvalue weighted by Gasteiger charge is 2.17. The van der Waals surface area contributed by atoms with E-state index in [0.29, 0.717) is 22.4 Å². The fourth-order valence-corrected chi connectivity index (χ4v) is 3.09. The van der Waals surface area contributed by atoms with Crippen LogP contribution in [0.5, 0.6) is 0 Å². The van der Waals surface area contributed by atoms with E-state index in [1.165, 1.54) is 16.0 Å². The number of carbonyl (C=O) groups excluding carboxylic acids is 1. The molecule has 0 fully saturated rings. The second-order valence-electron chi connectivity index (χ2n) is 5.51. The van der Waals surface area contributed by atoms with Crippen LogP contribution in [0, 0.1) is 6.92 Å². The quantitative estimate of drug-likeness (QED) is 0.772. The van der Waals surface area contributed by atoms with Crippen LogP contribution in [0.3, 0.4) is 0 Å². The average Bonchev–Trinajstić information content (AvgIpc) is 2.99. The Balaban J connectivity index is 2.06. The standard InChI is InChI=1S/C17H18N4O2S/c1-3-4-9-21-16(23)13-8-6-5-7-12(13)14(20-21)15(22)19-17-18-10-11(2)24-17/h5-8,10H,3-4,9H2,1-2H3,(H,18,19,22). The molecule has 0 saturated heterocycles. The van der Waals surface area contributed by atoms with Gasteiger partial charge in [-0.2, -0.15) is 5.10 Å². The number of unbranched alkanes of at least 4 members (excludes halogenated alkanes) is 1. The summed E-state index contributed by atoms with van der Waals surface area (Å²) in [5.74, 6) is -0.356. The third kappa shape index (κ3) is 3.21. The Morgan fingerprint density at radius 3 is 2.71 bits per heavy atom. The van der Waals surface area contributed by atoms with Crippen LogP contribution in [0.25, 0.3) is 10.8 Å². The summed E-state index contributed by atoms with van der Waals surface area (Å²) in [6.07, 6.45) is 3.48. The number of amides is 1. The van der Waals surface area contributed by atoms with E-state index in [0.717, 1.165) is 17.7 Å². The van der Waals surface area contributed by atoms with Gasteiger partial charge in [-0.15, -0.1) is 11.3 Å². The second-order valence-corrected chi connectivity index (χ2v) is 6.74. The van der Waals surface area contributed by atoms with Gasteiger partial charge in [0.2, 0.25) is 0 Å². The summed E-state index contributed by atoms with van der Waals surface area (Å²) in [5, 5.41) is 8.66. The SMILES string of the molecule is CCCCn1nc(C(=O)Nc2ncc(C)s2)c2ccccc2c1=O. The molecule has 0 saturated carbocycles. The van der Waals surface area contributed by atoms with Crippen LogP contribution in [0.4, 0.5) is 5.13 Å². The van der Waals surface area contributed by atoms with Crippen LogP contribution in [0.1, 0.15) is 35.1 Å². The number of nitrogens with zero attached hydrogens (tertiary/aromatic N) is 3. The largest absolute Gasteiger partial charge is 0.296 e. The number of benzene rings is 1. The molecular formula is C17H18N4O2S. The summed E-state index contributed by atoms with van der Waals surface area (Å²) >= 11 is 1.40. The van der Waals surface area contributed by atoms with Gasteiger partial charge >= 0.3 is 0 Å². The van der Waals surface area contributed by atoms with Crippen LogP contribution in [0.2, 0.25) is 0 Å². The summed E-state index contributed by atoms with van der Waals surface area (Å²) in [7, 11) is 0. The van der Waals surface area contributed by atoms with E-state index in [2.05, 4.69) is 15.4 Å². The molecule has 24 heavy (non-hydrogen) atoms. The minimum absolute atomic E-state index is 0.166. The molecule has 124 valence electrons. The Kier molecular flexibility index (Phi) is 4.71. The lowest BCUT2D eigenvalue weighted by Crippen LogP contribution is -2.27. The first-order chi connectivity index (χ1) is 11.6. The number of hydrogen-bond donors (Lipinski definition) is 1. The van der Waals surface area contributed by atoms with Crippen molar-refractivity contribution in [2.24, 2.45) is 0 Å². The molecule has 0 bridgehead atoms. The summed E-state index contributed by atoms with van der Waals surface area (Å²) in [6, 6.07) is 7.06. The van der Waals surface area contributed by atoms with Gasteiger partial charge in [0.05, 0.1) is 5.39 Å². The van der Waals surface area contributed by atoms with Crippen LogP contribution < -0.4 is 10.9 Å². The number of fused-ring (bicyclic) bond motifs is 1. The zero-order valence-electron chi connectivity index (χ0n) is 13.6. The van der Waals surface area contributed by atoms with Gasteiger partial charge in [0, 0.05) is 23.0 Å². The first kappa shape index (κ1) is 16.3. The lowest BCUT2D eigenvalue weighted by Gasteiger charge is -2.10. The van der Waals surface area contributed by atoms with Crippen molar-refractivity contribution in [1.29, 1.82) is 0 Å². The van der Waals surface area contributed by atoms with Crippen molar-refractivity contribution in [2.75, 3.05) is 5.32 Å². The maximum atomic E-state index is 12.7. The van der Waals surface area contributed by atoms with Crippen LogP contribution in [-0.2, 0) is 6.54 Å². The molecule has 3 rings (SSSR count). The lowest BCUT2D eigenvalue weighted by atomic mass is 10.1. The van der Waals surface area contributed by atoms with Crippen molar-refractivity contribution >= 4 is 33.1 Å². The smallest absolute Gasteiger partial charge is 0.278 e. The van der Waals surface area contributed by atoms with E-state index in [1.807, 2.05) is 13.8 Å². The molecular weight excluding hydrogens is 324 g/mol. The Hall–Kier alpha value is -2.54. The number of aromatic nitrogens is 3. The van der Waals surface area contributed by atoms with Gasteiger partial charge in [-0.3, -0.25) is 14.9 Å². The number of thiazole rings is 1. The summed E-state index contributed by atoms with van der Waals surface area (Å²) in [6.45, 7) is 4.47. The maximum absolute atomic E-state index is 12.7. The zero-order valence-corrected chi connectivity index (χ0v) is 14.4. The van der Waals surface area contributed by atoms with Crippen molar-refractivity contribution in [3.63, 3.8) is 0 Å². The molecule has 2 heterocycles. The number of rotatable bonds is 5. The number of carbonyl (C=O) groups is 1. The molecule has 0 atom stereocenters. The summed E-state index contributed by atoms with van der Waals surface area (Å²) in [5.41, 5.74) is 0.0786. The van der Waals surface area contributed by atoms with Gasteiger partial charge in [-0.25, -0.2) is 9.67 Å². The molecule has 2 aromatic heterocycles. The van der Waals surface area contributed by atoms with Gasteiger partial charge in [0.25, 0.3) is 11.5 Å². The topological polar surface area (TPSA) is 76.9 Å². The van der Waals surface area contributed by atoms with Crippen molar-refractivity contribution in [3.05, 3.63) is 51.4 Å². The number of anilines is 1. The van der Waals surface area contributed by atoms with E-state index < -0.39 is 0 Å². The Labute approximate surface area is 143 Å². The molecule has 7 heteroatoms. The van der Waals surface area contributed by atoms with Gasteiger partial charge in [-0.05, 0) is 19.4 Å². The molecule has 0 radical (unpaired) electrons. The number of aryl methyl sites for hydroxylation is 2. The molecule has 1 amide bonds. The third-order valence-corrected chi connectivity index (χ3v) is 4.48. The third-order valence-electron chi connectivity index (χ3n) is 3.65. The minimum Gasteiger partial charge on any atom is -0.296 e. The second kappa shape index (κ2) is 6.92. The van der Waals surface area contributed by atoms with Crippen molar-refractivity contribution in [1.82, 2.24) is 14.8 Å². The molecule has 0 spiro atoms. The zero-order chi connectivity index (χ0) is 17.1. The van der Waals surface area contributed by atoms with Crippen LogP contribution in [0.15, 0.2) is 35.3 Å². The molecule has 1 N–H and O–H groups in total. The first-order valence-electron chi connectivity index (χ1n) is 7.83. The molecule has 0 unspecified atom stereocenters. The highest BCUT2D eigenvalue weighted by Crippen LogP contribution is 2.19. The molecule has 6 nitrogen and oxygen atoms in total. The highest BCUT2D eigenvalue weighted by molar-refractivity contribution is 7.15. The van der Waals surface area contributed by atoms with Crippen LogP contribution in [-0.4, -0.2) is 20.7 Å². The molecule has 3 aromatic rings. The van der Waals surface area contributed by atoms with E-state index in [1.54, 1.807) is 30.5 Å². The number of nitrogens with one attached hydrogen (secondary N) is 1. The summed E-state index contributed by atoms with van der Waals surface area (Å²) in [4.78, 5) is 30.3. The monoisotopic (exact) mass is 342 g/mol. The molecule has 0 aliphatic heterocycles. The van der Waals surface area contributed by atoms with E-state index >= 15 is 0 Å². The van der Waals surface area contributed by atoms with Crippen LogP contribution >= 0.6 is 11.3 Å². The Morgan fingerprint density at radius 2 is 2.04 bits per heavy atom. The normalized spacial score (nSPS) is 10.9. The average molecular weight is 342 g/mol. The highest BCUT2D eigenvalue weighted by atomic mass is 32.1. The van der Waals surface area contributed by atoms with Crippen molar-refractivity contribution in [3.8, 4) is 0 Å². The molecule has 0 aliphatic rings. The van der Waals surface area contributed by atoms with Gasteiger partial charge in [0.15, 0.2) is 10.8 Å². The van der Waals surface area contributed by atoms with Crippen molar-refractivity contribution < 1.29 is 4.79 Å². The predicted molar refractivity (Wildman–Crippen MR) is 95.7 cm³/mol. The first-order valence-corrected chi connectivity index (χ1v) is 8.65. The minimum atomic E-state index is -0.356. The maximum Gasteiger partial charge on any atom is 0.278 e. The summed E-state index contributed by atoms with van der Waals surface area (Å²) < 4.78 is 1.38. The van der Waals surface area contributed by atoms with Gasteiger partial charge in [0.1, 0.15) is 0 Å². The molecule has 0 aliphatic carbocycles. The Morgan fingerprint density at radius 1 is 1.29 bits per heavy atom. The fourth-order valence-electron chi connectivity index (χ4n) is 2.43.